The predicted molar refractivity (Wildman–Crippen MR) is 97.8 cm³/mol. The van der Waals surface area contributed by atoms with Crippen molar-refractivity contribution in [3.63, 3.8) is 0 Å². The molecule has 0 unspecified atom stereocenters. The molecule has 7 N–H and O–H groups in total. The molecular weight excluding hydrogens is 354 g/mol. The van der Waals surface area contributed by atoms with E-state index in [2.05, 4.69) is 10.6 Å². The molecule has 9 heteroatoms. The van der Waals surface area contributed by atoms with Crippen molar-refractivity contribution in [1.82, 2.24) is 10.6 Å². The van der Waals surface area contributed by atoms with Crippen LogP contribution in [0.5, 0.6) is 5.75 Å². The molecule has 1 rings (SSSR count). The van der Waals surface area contributed by atoms with E-state index in [1.165, 1.54) is 24.3 Å². The number of carboxylic acids is 1. The molecule has 0 fully saturated rings. The second kappa shape index (κ2) is 10.5. The number of aromatic hydroxyl groups is 1. The van der Waals surface area contributed by atoms with Gasteiger partial charge in [0.15, 0.2) is 0 Å². The second-order valence-corrected chi connectivity index (χ2v) is 6.75. The lowest BCUT2D eigenvalue weighted by Gasteiger charge is -2.22. The number of carbonyl (C=O) groups is 3. The highest BCUT2D eigenvalue weighted by Crippen LogP contribution is 2.11. The highest BCUT2D eigenvalue weighted by molar-refractivity contribution is 5.91. The van der Waals surface area contributed by atoms with Gasteiger partial charge in [-0.25, -0.2) is 4.79 Å². The van der Waals surface area contributed by atoms with E-state index in [-0.39, 0.29) is 18.1 Å². The fourth-order valence-electron chi connectivity index (χ4n) is 2.43. The van der Waals surface area contributed by atoms with Crippen molar-refractivity contribution in [1.29, 1.82) is 0 Å². The maximum absolute atomic E-state index is 12.3. The first-order chi connectivity index (χ1) is 12.6. The van der Waals surface area contributed by atoms with Gasteiger partial charge in [-0.15, -0.1) is 0 Å². The van der Waals surface area contributed by atoms with E-state index in [0.29, 0.717) is 12.0 Å². The van der Waals surface area contributed by atoms with E-state index < -0.39 is 42.5 Å². The third-order valence-corrected chi connectivity index (χ3v) is 3.87. The number of nitrogens with two attached hydrogens (primary N) is 1. The third-order valence-electron chi connectivity index (χ3n) is 3.87. The molecule has 0 aliphatic carbocycles. The number of rotatable bonds is 10. The van der Waals surface area contributed by atoms with Crippen LogP contribution in [0.2, 0.25) is 0 Å². The highest BCUT2D eigenvalue weighted by atomic mass is 16.4. The topological polar surface area (TPSA) is 162 Å². The lowest BCUT2D eigenvalue weighted by Crippen LogP contribution is -2.56. The molecule has 0 bridgehead atoms. The lowest BCUT2D eigenvalue weighted by molar-refractivity contribution is -0.142. The summed E-state index contributed by atoms with van der Waals surface area (Å²) in [7, 11) is 0. The van der Waals surface area contributed by atoms with E-state index >= 15 is 0 Å². The number of aliphatic hydroxyl groups excluding tert-OH is 1. The van der Waals surface area contributed by atoms with Crippen LogP contribution in [0.4, 0.5) is 0 Å². The van der Waals surface area contributed by atoms with Crippen LogP contribution in [0.3, 0.4) is 0 Å². The Hall–Kier alpha value is -2.65. The molecule has 3 atom stereocenters. The average Bonchev–Trinajstić information content (AvgIpc) is 2.59. The van der Waals surface area contributed by atoms with Gasteiger partial charge >= 0.3 is 5.97 Å². The third kappa shape index (κ3) is 7.63. The summed E-state index contributed by atoms with van der Waals surface area (Å²) in [6, 6.07) is 2.47. The highest BCUT2D eigenvalue weighted by Gasteiger charge is 2.27. The number of hydrogen-bond donors (Lipinski definition) is 6. The average molecular weight is 381 g/mol. The standard InChI is InChI=1S/C18H27N3O6/c1-10(2)7-13(19)16(24)21-15(9-22)17(25)20-14(18(26)27)8-11-3-5-12(23)6-4-11/h3-6,10,13-15,22-23H,7-9,19H2,1-2H3,(H,20,25)(H,21,24)(H,26,27)/t13-,14-,15-/m0/s1. The number of nitrogens with one attached hydrogen (secondary N) is 2. The van der Waals surface area contributed by atoms with Crippen molar-refractivity contribution in [3.8, 4) is 5.75 Å². The van der Waals surface area contributed by atoms with E-state index in [1.54, 1.807) is 0 Å². The van der Waals surface area contributed by atoms with Gasteiger partial charge in [-0.3, -0.25) is 9.59 Å². The molecule has 0 aliphatic heterocycles. The van der Waals surface area contributed by atoms with Gasteiger partial charge in [0.2, 0.25) is 11.8 Å². The fourth-order valence-corrected chi connectivity index (χ4v) is 2.43. The molecule has 1 aromatic carbocycles. The number of phenolic OH excluding ortho intramolecular Hbond substituents is 1. The zero-order valence-corrected chi connectivity index (χ0v) is 15.4. The maximum atomic E-state index is 12.3. The van der Waals surface area contributed by atoms with Crippen LogP contribution in [0.25, 0.3) is 0 Å². The predicted octanol–water partition coefficient (Wildman–Crippen LogP) is -0.645. The zero-order valence-electron chi connectivity index (χ0n) is 15.4. The van der Waals surface area contributed by atoms with Gasteiger partial charge in [0.1, 0.15) is 17.8 Å². The Balaban J connectivity index is 2.73. The van der Waals surface area contributed by atoms with Gasteiger partial charge in [-0.2, -0.15) is 0 Å². The fraction of sp³-hybridized carbons (Fsp3) is 0.500. The minimum atomic E-state index is -1.31. The molecule has 0 spiro atoms. The molecule has 1 aromatic rings. The maximum Gasteiger partial charge on any atom is 0.326 e. The first kappa shape index (κ1) is 22.4. The molecule has 0 saturated carbocycles. The molecule has 0 aromatic heterocycles. The number of carbonyl (C=O) groups excluding carboxylic acids is 2. The Labute approximate surface area is 157 Å². The summed E-state index contributed by atoms with van der Waals surface area (Å²) in [5, 5.41) is 32.6. The molecule has 2 amide bonds. The molecule has 27 heavy (non-hydrogen) atoms. The zero-order chi connectivity index (χ0) is 20.6. The van der Waals surface area contributed by atoms with Crippen molar-refractivity contribution in [2.24, 2.45) is 11.7 Å². The van der Waals surface area contributed by atoms with Gasteiger partial charge < -0.3 is 31.7 Å². The van der Waals surface area contributed by atoms with Crippen LogP contribution in [-0.2, 0) is 20.8 Å². The van der Waals surface area contributed by atoms with Gasteiger partial charge in [-0.05, 0) is 30.0 Å². The largest absolute Gasteiger partial charge is 0.508 e. The van der Waals surface area contributed by atoms with Crippen molar-refractivity contribution in [3.05, 3.63) is 29.8 Å². The minimum absolute atomic E-state index is 0.0275. The van der Waals surface area contributed by atoms with Gasteiger partial charge in [0, 0.05) is 6.42 Å². The van der Waals surface area contributed by atoms with Crippen LogP contribution in [0, 0.1) is 5.92 Å². The van der Waals surface area contributed by atoms with Crippen LogP contribution < -0.4 is 16.4 Å². The van der Waals surface area contributed by atoms with Crippen LogP contribution >= 0.6 is 0 Å². The minimum Gasteiger partial charge on any atom is -0.508 e. The van der Waals surface area contributed by atoms with Gasteiger partial charge in [-0.1, -0.05) is 26.0 Å². The summed E-state index contributed by atoms with van der Waals surface area (Å²) in [6.07, 6.45) is 0.379. The van der Waals surface area contributed by atoms with Crippen molar-refractivity contribution < 1.29 is 29.7 Å². The van der Waals surface area contributed by atoms with Crippen molar-refractivity contribution in [2.45, 2.75) is 44.8 Å². The quantitative estimate of drug-likeness (QED) is 0.314. The van der Waals surface area contributed by atoms with Crippen LogP contribution in [-0.4, -0.2) is 57.8 Å². The Morgan fingerprint density at radius 1 is 1.04 bits per heavy atom. The Bertz CT molecular complexity index is 647. The first-order valence-corrected chi connectivity index (χ1v) is 8.62. The molecule has 150 valence electrons. The summed E-state index contributed by atoms with van der Waals surface area (Å²) in [6.45, 7) is 3.09. The van der Waals surface area contributed by atoms with E-state index in [0.717, 1.165) is 0 Å². The van der Waals surface area contributed by atoms with Crippen molar-refractivity contribution >= 4 is 17.8 Å². The van der Waals surface area contributed by atoms with E-state index in [4.69, 9.17) is 5.73 Å². The number of amides is 2. The normalized spacial score (nSPS) is 14.3. The summed E-state index contributed by atoms with van der Waals surface area (Å²) >= 11 is 0. The van der Waals surface area contributed by atoms with E-state index in [9.17, 15) is 29.7 Å². The SMILES string of the molecule is CC(C)C[C@H](N)C(=O)N[C@@H](CO)C(=O)N[C@@H](Cc1ccc(O)cc1)C(=O)O. The molecule has 0 saturated heterocycles. The molecular formula is C18H27N3O6. The monoisotopic (exact) mass is 381 g/mol. The Morgan fingerprint density at radius 3 is 2.07 bits per heavy atom. The molecule has 0 radical (unpaired) electrons. The number of aliphatic carboxylic acids is 1. The van der Waals surface area contributed by atoms with Gasteiger partial charge in [0.05, 0.1) is 12.6 Å². The first-order valence-electron chi connectivity index (χ1n) is 8.62. The van der Waals surface area contributed by atoms with Crippen LogP contribution in [0.15, 0.2) is 24.3 Å². The number of phenols is 1. The lowest BCUT2D eigenvalue weighted by atomic mass is 10.0. The number of benzene rings is 1. The summed E-state index contributed by atoms with van der Waals surface area (Å²) in [5.74, 6) is -2.47. The van der Waals surface area contributed by atoms with E-state index in [1.807, 2.05) is 13.8 Å². The smallest absolute Gasteiger partial charge is 0.326 e. The number of carboxylic acid groups (broad SMARTS) is 1. The van der Waals surface area contributed by atoms with Crippen LogP contribution in [0.1, 0.15) is 25.8 Å². The Morgan fingerprint density at radius 2 is 1.59 bits per heavy atom. The number of hydrogen-bond acceptors (Lipinski definition) is 6. The molecule has 0 aliphatic rings. The summed E-state index contributed by atoms with van der Waals surface area (Å²) in [5.41, 5.74) is 6.33. The summed E-state index contributed by atoms with van der Waals surface area (Å²) in [4.78, 5) is 35.7. The molecule has 9 nitrogen and oxygen atoms in total. The molecule has 0 heterocycles. The number of aliphatic hydroxyl groups is 1. The Kier molecular flexibility index (Phi) is 8.70. The van der Waals surface area contributed by atoms with Gasteiger partial charge in [0.25, 0.3) is 0 Å². The van der Waals surface area contributed by atoms with Crippen molar-refractivity contribution in [2.75, 3.05) is 6.61 Å². The second-order valence-electron chi connectivity index (χ2n) is 6.75. The summed E-state index contributed by atoms with van der Waals surface area (Å²) < 4.78 is 0.